The molecule has 0 bridgehead atoms. The highest BCUT2D eigenvalue weighted by Crippen LogP contribution is 2.10. The average molecular weight is 284 g/mol. The number of nitrogens with two attached hydrogens (primary N) is 1. The molecule has 5 nitrogen and oxygen atoms in total. The van der Waals surface area contributed by atoms with E-state index in [-0.39, 0.29) is 6.61 Å². The van der Waals surface area contributed by atoms with Crippen LogP contribution < -0.4 is 11.1 Å². The summed E-state index contributed by atoms with van der Waals surface area (Å²) in [5, 5.41) is 2.66. The summed E-state index contributed by atoms with van der Waals surface area (Å²) in [5.74, 6) is -0.973. The van der Waals surface area contributed by atoms with E-state index in [4.69, 9.17) is 10.5 Å². The summed E-state index contributed by atoms with van der Waals surface area (Å²) in [5.41, 5.74) is 8.06. The third-order valence-corrected chi connectivity index (χ3v) is 2.76. The third kappa shape index (κ3) is 4.35. The first kappa shape index (κ1) is 14.6. The number of rotatable bonds is 4. The van der Waals surface area contributed by atoms with E-state index in [1.165, 1.54) is 6.07 Å². The fourth-order valence-electron chi connectivity index (χ4n) is 1.80. The van der Waals surface area contributed by atoms with Gasteiger partial charge in [0, 0.05) is 11.4 Å². The normalized spacial score (nSPS) is 9.95. The monoisotopic (exact) mass is 284 g/mol. The Kier molecular flexibility index (Phi) is 4.56. The van der Waals surface area contributed by atoms with Crippen LogP contribution in [0.3, 0.4) is 0 Å². The average Bonchev–Trinajstić information content (AvgIpc) is 2.45. The molecule has 0 saturated heterocycles. The molecule has 1 amide bonds. The summed E-state index contributed by atoms with van der Waals surface area (Å²) >= 11 is 0. The van der Waals surface area contributed by atoms with Crippen molar-refractivity contribution in [3.63, 3.8) is 0 Å². The number of carbonyl (C=O) groups excluding carboxylic acids is 2. The molecule has 2 aromatic carbocycles. The fourth-order valence-corrected chi connectivity index (χ4v) is 1.80. The van der Waals surface area contributed by atoms with E-state index in [1.54, 1.807) is 24.3 Å². The summed E-state index contributed by atoms with van der Waals surface area (Å²) in [6.07, 6.45) is 0. The number of carbonyl (C=O) groups is 2. The molecule has 3 N–H and O–H groups in total. The van der Waals surface area contributed by atoms with Gasteiger partial charge in [-0.15, -0.1) is 0 Å². The fraction of sp³-hybridized carbons (Fsp3) is 0.125. The first-order valence-corrected chi connectivity index (χ1v) is 6.44. The molecule has 21 heavy (non-hydrogen) atoms. The maximum atomic E-state index is 11.8. The van der Waals surface area contributed by atoms with Gasteiger partial charge in [-0.1, -0.05) is 18.2 Å². The molecule has 0 aliphatic carbocycles. The number of hydrogen-bond donors (Lipinski definition) is 2. The molecule has 0 aliphatic heterocycles. The molecular formula is C16H16N2O3. The van der Waals surface area contributed by atoms with Gasteiger partial charge in [0.2, 0.25) is 0 Å². The van der Waals surface area contributed by atoms with Crippen LogP contribution in [0.1, 0.15) is 15.9 Å². The molecule has 0 aliphatic rings. The van der Waals surface area contributed by atoms with Crippen LogP contribution in [-0.2, 0) is 9.53 Å². The molecular weight excluding hydrogens is 268 g/mol. The number of ether oxygens (including phenoxy) is 1. The van der Waals surface area contributed by atoms with Crippen LogP contribution in [0.4, 0.5) is 11.4 Å². The highest BCUT2D eigenvalue weighted by Gasteiger charge is 2.10. The first-order valence-electron chi connectivity index (χ1n) is 6.44. The molecule has 2 aromatic rings. The number of anilines is 2. The van der Waals surface area contributed by atoms with Gasteiger partial charge in [0.25, 0.3) is 5.91 Å². The van der Waals surface area contributed by atoms with Gasteiger partial charge < -0.3 is 15.8 Å². The molecule has 108 valence electrons. The van der Waals surface area contributed by atoms with Crippen molar-refractivity contribution in [3.8, 4) is 0 Å². The molecule has 0 saturated carbocycles. The van der Waals surface area contributed by atoms with Crippen LogP contribution in [-0.4, -0.2) is 18.5 Å². The van der Waals surface area contributed by atoms with Crippen LogP contribution in [0.25, 0.3) is 0 Å². The number of aryl methyl sites for hydroxylation is 1. The standard InChI is InChI=1S/C16H16N2O3/c1-11-4-2-7-14(8-11)18-15(19)10-21-16(20)12-5-3-6-13(17)9-12/h2-9H,10,17H2,1H3,(H,18,19). The van der Waals surface area contributed by atoms with Crippen molar-refractivity contribution in [2.75, 3.05) is 17.7 Å². The lowest BCUT2D eigenvalue weighted by atomic mass is 10.2. The zero-order valence-corrected chi connectivity index (χ0v) is 11.6. The van der Waals surface area contributed by atoms with Crippen LogP contribution >= 0.6 is 0 Å². The van der Waals surface area contributed by atoms with Crippen molar-refractivity contribution >= 4 is 23.3 Å². The minimum atomic E-state index is -0.582. The second-order valence-corrected chi connectivity index (χ2v) is 4.62. The minimum absolute atomic E-state index is 0.318. The zero-order valence-electron chi connectivity index (χ0n) is 11.6. The van der Waals surface area contributed by atoms with E-state index in [1.807, 2.05) is 25.1 Å². The molecule has 2 rings (SSSR count). The number of nitrogen functional groups attached to an aromatic ring is 1. The second kappa shape index (κ2) is 6.56. The van der Waals surface area contributed by atoms with Crippen molar-refractivity contribution in [1.29, 1.82) is 0 Å². The van der Waals surface area contributed by atoms with Crippen molar-refractivity contribution in [2.45, 2.75) is 6.92 Å². The molecule has 0 radical (unpaired) electrons. The Morgan fingerprint density at radius 1 is 1.14 bits per heavy atom. The largest absolute Gasteiger partial charge is 0.452 e. The highest BCUT2D eigenvalue weighted by molar-refractivity contribution is 5.95. The molecule has 0 unspecified atom stereocenters. The number of benzene rings is 2. The number of nitrogens with one attached hydrogen (secondary N) is 1. The second-order valence-electron chi connectivity index (χ2n) is 4.62. The zero-order chi connectivity index (χ0) is 15.2. The molecule has 0 atom stereocenters. The maximum Gasteiger partial charge on any atom is 0.338 e. The highest BCUT2D eigenvalue weighted by atomic mass is 16.5. The van der Waals surface area contributed by atoms with Gasteiger partial charge in [-0.2, -0.15) is 0 Å². The Bertz CT molecular complexity index is 668. The lowest BCUT2D eigenvalue weighted by Crippen LogP contribution is -2.21. The molecule has 0 spiro atoms. The topological polar surface area (TPSA) is 81.4 Å². The van der Waals surface area contributed by atoms with Gasteiger partial charge in [-0.05, 0) is 42.8 Å². The summed E-state index contributed by atoms with van der Waals surface area (Å²) in [6.45, 7) is 1.58. The Labute approximate surface area is 122 Å². The summed E-state index contributed by atoms with van der Waals surface area (Å²) in [6, 6.07) is 13.8. The Balaban J connectivity index is 1.88. The van der Waals surface area contributed by atoms with Gasteiger partial charge in [0.15, 0.2) is 6.61 Å². The third-order valence-electron chi connectivity index (χ3n) is 2.76. The van der Waals surface area contributed by atoms with Gasteiger partial charge in [0.05, 0.1) is 5.56 Å². The molecule has 5 heteroatoms. The van der Waals surface area contributed by atoms with Crippen molar-refractivity contribution in [2.24, 2.45) is 0 Å². The van der Waals surface area contributed by atoms with Gasteiger partial charge in [0.1, 0.15) is 0 Å². The van der Waals surface area contributed by atoms with E-state index >= 15 is 0 Å². The molecule has 0 heterocycles. The van der Waals surface area contributed by atoms with Crippen molar-refractivity contribution in [1.82, 2.24) is 0 Å². The van der Waals surface area contributed by atoms with Crippen molar-refractivity contribution < 1.29 is 14.3 Å². The Morgan fingerprint density at radius 3 is 2.62 bits per heavy atom. The van der Waals surface area contributed by atoms with Crippen LogP contribution in [0.15, 0.2) is 48.5 Å². The summed E-state index contributed by atoms with van der Waals surface area (Å²) < 4.78 is 4.94. The lowest BCUT2D eigenvalue weighted by Gasteiger charge is -2.07. The van der Waals surface area contributed by atoms with Crippen LogP contribution in [0.5, 0.6) is 0 Å². The number of esters is 1. The maximum absolute atomic E-state index is 11.8. The summed E-state index contributed by atoms with van der Waals surface area (Å²) in [4.78, 5) is 23.5. The van der Waals surface area contributed by atoms with E-state index in [0.717, 1.165) is 5.56 Å². The smallest absolute Gasteiger partial charge is 0.338 e. The van der Waals surface area contributed by atoms with E-state index in [0.29, 0.717) is 16.9 Å². The van der Waals surface area contributed by atoms with Crippen molar-refractivity contribution in [3.05, 3.63) is 59.7 Å². The molecule has 0 aromatic heterocycles. The van der Waals surface area contributed by atoms with Crippen LogP contribution in [0, 0.1) is 6.92 Å². The Morgan fingerprint density at radius 2 is 1.90 bits per heavy atom. The first-order chi connectivity index (χ1) is 10.0. The lowest BCUT2D eigenvalue weighted by molar-refractivity contribution is -0.119. The number of hydrogen-bond acceptors (Lipinski definition) is 4. The minimum Gasteiger partial charge on any atom is -0.452 e. The number of amides is 1. The SMILES string of the molecule is Cc1cccc(NC(=O)COC(=O)c2cccc(N)c2)c1. The van der Waals surface area contributed by atoms with E-state index < -0.39 is 11.9 Å². The van der Waals surface area contributed by atoms with E-state index in [9.17, 15) is 9.59 Å². The van der Waals surface area contributed by atoms with Gasteiger partial charge in [-0.3, -0.25) is 4.79 Å². The molecule has 0 fully saturated rings. The quantitative estimate of drug-likeness (QED) is 0.667. The van der Waals surface area contributed by atoms with Gasteiger partial charge >= 0.3 is 5.97 Å². The van der Waals surface area contributed by atoms with E-state index in [2.05, 4.69) is 5.32 Å². The van der Waals surface area contributed by atoms with Gasteiger partial charge in [-0.25, -0.2) is 4.79 Å². The predicted molar refractivity (Wildman–Crippen MR) is 80.9 cm³/mol. The van der Waals surface area contributed by atoms with Crippen LogP contribution in [0.2, 0.25) is 0 Å². The summed E-state index contributed by atoms with van der Waals surface area (Å²) in [7, 11) is 0. The Hall–Kier alpha value is -2.82. The predicted octanol–water partition coefficient (Wildman–Crippen LogP) is 2.37.